The van der Waals surface area contributed by atoms with E-state index in [4.69, 9.17) is 0 Å². The Balaban J connectivity index is 0.00000138. The van der Waals surface area contributed by atoms with Crippen molar-refractivity contribution in [3.05, 3.63) is 75.8 Å². The average Bonchev–Trinajstić information content (AvgIpc) is 2.86. The van der Waals surface area contributed by atoms with Crippen LogP contribution >= 0.6 is 0 Å². The summed E-state index contributed by atoms with van der Waals surface area (Å²) in [5.41, 5.74) is 12.4. The molecular weight excluding hydrogens is 520 g/mol. The summed E-state index contributed by atoms with van der Waals surface area (Å²) in [6.45, 7) is 27.2. The minimum Gasteiger partial charge on any atom is -0.507 e. The molecule has 3 aromatic rings. The Kier molecular flexibility index (Phi) is 12.5. The summed E-state index contributed by atoms with van der Waals surface area (Å²) in [4.78, 5) is 0. The molecule has 0 unspecified atom stereocenters. The molecule has 1 N–H and O–H groups in total. The maximum Gasteiger partial charge on any atom is 0.131 e. The number of benzene rings is 3. The summed E-state index contributed by atoms with van der Waals surface area (Å²) >= 11 is 0. The predicted molar refractivity (Wildman–Crippen MR) is 184 cm³/mol. The molecule has 0 bridgehead atoms. The first kappa shape index (κ1) is 34.8. The number of para-hydroxylation sites is 1. The molecule has 0 spiro atoms. The Morgan fingerprint density at radius 2 is 0.756 bits per heavy atom. The van der Waals surface area contributed by atoms with Crippen molar-refractivity contribution in [1.82, 2.24) is 0 Å². The lowest BCUT2D eigenvalue weighted by Crippen LogP contribution is -2.05. The smallest absolute Gasteiger partial charge is 0.131 e. The number of rotatable bonds is 8. The number of phenolic OH excluding ortho intramolecular Hbond substituents is 1. The number of phenols is 1. The Bertz CT molecular complexity index is 1190. The van der Waals surface area contributed by atoms with Crippen LogP contribution in [0.3, 0.4) is 0 Å². The van der Waals surface area contributed by atoms with Crippen molar-refractivity contribution in [2.45, 2.75) is 119 Å². The molecule has 3 aromatic carbocycles. The van der Waals surface area contributed by atoms with Gasteiger partial charge in [-0.25, -0.2) is 0 Å². The van der Waals surface area contributed by atoms with Crippen molar-refractivity contribution >= 4 is 10.8 Å². The summed E-state index contributed by atoms with van der Waals surface area (Å²) in [5.74, 6) is 2.77. The van der Waals surface area contributed by atoms with Crippen molar-refractivity contribution in [2.24, 2.45) is 0 Å². The lowest BCUT2D eigenvalue weighted by atomic mass is 9.79. The van der Waals surface area contributed by atoms with E-state index in [9.17, 15) is 9.32 Å². The molecule has 0 radical (unpaired) electrons. The largest absolute Gasteiger partial charge is 0.507 e. The monoisotopic (exact) mass is 576 g/mol. The third-order valence-electron chi connectivity index (χ3n) is 7.84. The Morgan fingerprint density at radius 1 is 0.512 bits per heavy atom. The molecule has 41 heavy (non-hydrogen) atoms. The zero-order chi connectivity index (χ0) is 31.3. The van der Waals surface area contributed by atoms with Crippen LogP contribution in [-0.4, -0.2) is 21.8 Å². The highest BCUT2D eigenvalue weighted by Crippen LogP contribution is 2.48. The van der Waals surface area contributed by atoms with Gasteiger partial charge in [-0.3, -0.25) is 4.21 Å². The molecule has 3 rings (SSSR count). The topological polar surface area (TPSA) is 37.3 Å². The lowest BCUT2D eigenvalue weighted by molar-refractivity contribution is 0.479. The third-order valence-corrected chi connectivity index (χ3v) is 7.84. The van der Waals surface area contributed by atoms with E-state index >= 15 is 0 Å². The van der Waals surface area contributed by atoms with Crippen molar-refractivity contribution in [1.29, 1.82) is 0 Å². The summed E-state index contributed by atoms with van der Waals surface area (Å²) in [7, 11) is -0.611. The van der Waals surface area contributed by atoms with Gasteiger partial charge in [-0.05, 0) is 80.0 Å². The van der Waals surface area contributed by atoms with Crippen LogP contribution in [-0.2, 0) is 10.8 Å². The number of aromatic hydroxyl groups is 1. The van der Waals surface area contributed by atoms with E-state index in [1.165, 1.54) is 44.5 Å². The second-order valence-corrected chi connectivity index (χ2v) is 15.0. The highest BCUT2D eigenvalue weighted by atomic mass is 32.2. The average molecular weight is 577 g/mol. The lowest BCUT2D eigenvalue weighted by Gasteiger charge is -2.26. The molecule has 0 heterocycles. The first-order valence-corrected chi connectivity index (χ1v) is 17.4. The SMILES string of the molecule is CC(C)c1cc(C(C)C)c(-c2cccc(-c3c(C(C)C)cc(C(C)C)cc3C(C)C)c2O)c(C(C)C)c1.CS(C)=O. The maximum atomic E-state index is 12.1. The van der Waals surface area contributed by atoms with Gasteiger partial charge in [0, 0.05) is 34.4 Å². The first-order chi connectivity index (χ1) is 19.0. The van der Waals surface area contributed by atoms with Gasteiger partial charge in [0.1, 0.15) is 5.75 Å². The molecule has 226 valence electrons. The summed E-state index contributed by atoms with van der Waals surface area (Å²) < 4.78 is 9.56. The van der Waals surface area contributed by atoms with Crippen LogP contribution in [0.1, 0.15) is 152 Å². The van der Waals surface area contributed by atoms with Gasteiger partial charge in [-0.1, -0.05) is 126 Å². The number of hydrogen-bond acceptors (Lipinski definition) is 2. The first-order valence-electron chi connectivity index (χ1n) is 15.4. The molecule has 0 atom stereocenters. The molecule has 2 nitrogen and oxygen atoms in total. The molecule has 0 amide bonds. The Labute approximate surface area is 254 Å². The van der Waals surface area contributed by atoms with Gasteiger partial charge in [0.25, 0.3) is 0 Å². The minimum absolute atomic E-state index is 0.358. The predicted octanol–water partition coefficient (Wildman–Crippen LogP) is 11.5. The van der Waals surface area contributed by atoms with Gasteiger partial charge in [0.2, 0.25) is 0 Å². The van der Waals surface area contributed by atoms with E-state index in [1.807, 2.05) is 0 Å². The van der Waals surface area contributed by atoms with Gasteiger partial charge in [0.15, 0.2) is 0 Å². The van der Waals surface area contributed by atoms with Crippen molar-refractivity contribution in [3.63, 3.8) is 0 Å². The van der Waals surface area contributed by atoms with E-state index in [-0.39, 0.29) is 0 Å². The van der Waals surface area contributed by atoms with Gasteiger partial charge < -0.3 is 5.11 Å². The van der Waals surface area contributed by atoms with Crippen LogP contribution in [0.2, 0.25) is 0 Å². The van der Waals surface area contributed by atoms with Crippen molar-refractivity contribution < 1.29 is 9.32 Å². The van der Waals surface area contributed by atoms with Crippen molar-refractivity contribution in [3.8, 4) is 28.0 Å². The van der Waals surface area contributed by atoms with Crippen molar-refractivity contribution in [2.75, 3.05) is 12.5 Å². The number of hydrogen-bond donors (Lipinski definition) is 1. The quantitative estimate of drug-likeness (QED) is 0.289. The zero-order valence-corrected chi connectivity index (χ0v) is 29.1. The highest BCUT2D eigenvalue weighted by Gasteiger charge is 2.25. The normalized spacial score (nSPS) is 11.9. The fourth-order valence-electron chi connectivity index (χ4n) is 5.48. The van der Waals surface area contributed by atoms with Crippen LogP contribution in [0, 0.1) is 0 Å². The van der Waals surface area contributed by atoms with Crippen LogP contribution in [0.4, 0.5) is 0 Å². The van der Waals surface area contributed by atoms with E-state index in [0.29, 0.717) is 41.3 Å². The van der Waals surface area contributed by atoms with Crippen LogP contribution in [0.5, 0.6) is 5.75 Å². The summed E-state index contributed by atoms with van der Waals surface area (Å²) in [6.07, 6.45) is 3.28. The molecular formula is C38H56O2S. The van der Waals surface area contributed by atoms with Gasteiger partial charge in [0.05, 0.1) is 0 Å². The zero-order valence-electron chi connectivity index (χ0n) is 28.3. The van der Waals surface area contributed by atoms with Gasteiger partial charge >= 0.3 is 0 Å². The molecule has 0 aromatic heterocycles. The van der Waals surface area contributed by atoms with Crippen LogP contribution in [0.25, 0.3) is 22.3 Å². The summed E-state index contributed by atoms with van der Waals surface area (Å²) in [5, 5.41) is 12.1. The summed E-state index contributed by atoms with van der Waals surface area (Å²) in [6, 6.07) is 15.9. The van der Waals surface area contributed by atoms with Gasteiger partial charge in [-0.2, -0.15) is 0 Å². The Morgan fingerprint density at radius 3 is 0.951 bits per heavy atom. The van der Waals surface area contributed by atoms with Crippen LogP contribution in [0.15, 0.2) is 42.5 Å². The van der Waals surface area contributed by atoms with E-state index in [1.54, 1.807) is 12.5 Å². The fraction of sp³-hybridized carbons (Fsp3) is 0.526. The molecule has 0 aliphatic heterocycles. The molecule has 0 aliphatic carbocycles. The minimum atomic E-state index is -0.611. The second kappa shape index (κ2) is 14.7. The highest BCUT2D eigenvalue weighted by molar-refractivity contribution is 7.83. The van der Waals surface area contributed by atoms with Gasteiger partial charge in [-0.15, -0.1) is 0 Å². The third kappa shape index (κ3) is 8.34. The molecule has 0 fully saturated rings. The molecule has 0 saturated carbocycles. The Hall–Kier alpha value is -2.39. The standard InChI is InChI=1S/C36H50O.C2H6OS/c1-20(2)26-16-30(22(5)6)34(31(17-26)23(7)8)28-14-13-15-29(36(28)37)35-32(24(9)10)18-27(21(3)4)19-33(35)25(11)12;1-4(2)3/h13-25,37H,1-12H3;1-2H3. The van der Waals surface area contributed by atoms with Crippen LogP contribution < -0.4 is 0 Å². The van der Waals surface area contributed by atoms with E-state index < -0.39 is 10.8 Å². The second-order valence-electron chi connectivity index (χ2n) is 13.5. The fourth-order valence-corrected chi connectivity index (χ4v) is 5.48. The van der Waals surface area contributed by atoms with E-state index in [0.717, 1.165) is 11.1 Å². The van der Waals surface area contributed by atoms with E-state index in [2.05, 4.69) is 126 Å². The molecule has 0 aliphatic rings. The molecule has 0 saturated heterocycles. The molecule has 3 heteroatoms. The maximum absolute atomic E-state index is 12.1.